The van der Waals surface area contributed by atoms with Gasteiger partial charge < -0.3 is 5.11 Å². The van der Waals surface area contributed by atoms with Crippen LogP contribution in [0.5, 0.6) is 0 Å². The summed E-state index contributed by atoms with van der Waals surface area (Å²) in [6.07, 6.45) is 2.75. The Morgan fingerprint density at radius 1 is 1.47 bits per heavy atom. The largest absolute Gasteiger partial charge is 0.476 e. The Kier molecular flexibility index (Phi) is 3.74. The molecule has 0 aliphatic rings. The average Bonchev–Trinajstić information content (AvgIpc) is 2.84. The summed E-state index contributed by atoms with van der Waals surface area (Å²) in [4.78, 5) is 26.6. The molecule has 0 saturated carbocycles. The first kappa shape index (κ1) is 13.4. The minimum Gasteiger partial charge on any atom is -0.476 e. The van der Waals surface area contributed by atoms with Crippen LogP contribution in [0.25, 0.3) is 0 Å². The number of rotatable bonds is 4. The van der Waals surface area contributed by atoms with Gasteiger partial charge in [-0.05, 0) is 22.9 Å². The average molecular weight is 328 g/mol. The first-order valence-electron chi connectivity index (χ1n) is 5.34. The highest BCUT2D eigenvalue weighted by molar-refractivity contribution is 9.10. The van der Waals surface area contributed by atoms with Gasteiger partial charge >= 0.3 is 5.97 Å². The summed E-state index contributed by atoms with van der Waals surface area (Å²) in [6.45, 7) is 2.39. The van der Waals surface area contributed by atoms with E-state index in [2.05, 4.69) is 31.2 Å². The van der Waals surface area contributed by atoms with Crippen molar-refractivity contribution in [1.82, 2.24) is 24.5 Å². The lowest BCUT2D eigenvalue weighted by Gasteiger charge is -2.06. The first-order valence-corrected chi connectivity index (χ1v) is 6.13. The number of aromatic carboxylic acids is 1. The number of carboxylic acid groups (broad SMARTS) is 1. The van der Waals surface area contributed by atoms with Crippen LogP contribution in [0.4, 0.5) is 0 Å². The predicted octanol–water partition coefficient (Wildman–Crippen LogP) is 0.304. The fraction of sp³-hybridized carbons (Fsp3) is 0.300. The number of carboxylic acids is 1. The normalized spacial score (nSPS) is 10.6. The molecule has 0 radical (unpaired) electrons. The molecule has 0 unspecified atom stereocenters. The molecule has 100 valence electrons. The van der Waals surface area contributed by atoms with E-state index in [1.165, 1.54) is 21.8 Å². The van der Waals surface area contributed by atoms with Gasteiger partial charge in [0.25, 0.3) is 5.56 Å². The Hall–Kier alpha value is -2.03. The molecule has 0 amide bonds. The number of hydrogen-bond donors (Lipinski definition) is 1. The van der Waals surface area contributed by atoms with Crippen LogP contribution in [0.15, 0.2) is 21.8 Å². The maximum atomic E-state index is 11.9. The Bertz CT molecular complexity index is 678. The van der Waals surface area contributed by atoms with Crippen molar-refractivity contribution in [1.29, 1.82) is 0 Å². The van der Waals surface area contributed by atoms with E-state index in [0.717, 1.165) is 0 Å². The topological polar surface area (TPSA) is 103 Å². The lowest BCUT2D eigenvalue weighted by Crippen LogP contribution is -2.24. The van der Waals surface area contributed by atoms with Crippen LogP contribution in [-0.4, -0.2) is 35.6 Å². The Morgan fingerprint density at radius 3 is 2.84 bits per heavy atom. The van der Waals surface area contributed by atoms with E-state index in [9.17, 15) is 9.59 Å². The standard InChI is InChI=1S/C10H10BrN5O3/c1-6-8(11)9(17)15(5-12-6)2-3-16-4-7(10(18)19)13-14-16/h4-5H,2-3H2,1H3,(H,18,19). The maximum absolute atomic E-state index is 11.9. The van der Waals surface area contributed by atoms with Gasteiger partial charge in [-0.1, -0.05) is 5.21 Å². The highest BCUT2D eigenvalue weighted by Gasteiger charge is 2.09. The van der Waals surface area contributed by atoms with Gasteiger partial charge in [0.15, 0.2) is 5.69 Å². The molecule has 0 fully saturated rings. The molecule has 0 saturated heterocycles. The monoisotopic (exact) mass is 327 g/mol. The van der Waals surface area contributed by atoms with Crippen molar-refractivity contribution in [3.63, 3.8) is 0 Å². The molecule has 0 aliphatic carbocycles. The van der Waals surface area contributed by atoms with Gasteiger partial charge in [0.2, 0.25) is 0 Å². The predicted molar refractivity (Wildman–Crippen MR) is 67.9 cm³/mol. The van der Waals surface area contributed by atoms with E-state index in [-0.39, 0.29) is 11.3 Å². The van der Waals surface area contributed by atoms with Gasteiger partial charge in [-0.15, -0.1) is 5.10 Å². The number of nitrogens with zero attached hydrogens (tertiary/aromatic N) is 5. The second-order valence-electron chi connectivity index (χ2n) is 3.81. The Balaban J connectivity index is 2.12. The van der Waals surface area contributed by atoms with Gasteiger partial charge in [0.05, 0.1) is 24.8 Å². The lowest BCUT2D eigenvalue weighted by atomic mass is 10.4. The van der Waals surface area contributed by atoms with Gasteiger partial charge in [0.1, 0.15) is 4.47 Å². The van der Waals surface area contributed by atoms with Crippen LogP contribution in [-0.2, 0) is 13.1 Å². The summed E-state index contributed by atoms with van der Waals surface area (Å²) >= 11 is 3.17. The molecule has 19 heavy (non-hydrogen) atoms. The molecule has 0 spiro atoms. The SMILES string of the molecule is Cc1ncn(CCn2cc(C(=O)O)nn2)c(=O)c1Br. The summed E-state index contributed by atoms with van der Waals surface area (Å²) in [7, 11) is 0. The molecule has 0 aromatic carbocycles. The van der Waals surface area contributed by atoms with Gasteiger partial charge in [-0.3, -0.25) is 9.36 Å². The third-order valence-electron chi connectivity index (χ3n) is 2.48. The van der Waals surface area contributed by atoms with Gasteiger partial charge in [-0.25, -0.2) is 14.5 Å². The Morgan fingerprint density at radius 2 is 2.21 bits per heavy atom. The molecular weight excluding hydrogens is 318 g/mol. The van der Waals surface area contributed by atoms with Crippen molar-refractivity contribution < 1.29 is 9.90 Å². The summed E-state index contributed by atoms with van der Waals surface area (Å²) in [5.74, 6) is -1.14. The molecule has 2 aromatic heterocycles. The molecule has 0 atom stereocenters. The lowest BCUT2D eigenvalue weighted by molar-refractivity contribution is 0.0690. The molecule has 1 N–H and O–H groups in total. The highest BCUT2D eigenvalue weighted by atomic mass is 79.9. The highest BCUT2D eigenvalue weighted by Crippen LogP contribution is 2.06. The maximum Gasteiger partial charge on any atom is 0.358 e. The fourth-order valence-electron chi connectivity index (χ4n) is 1.42. The molecule has 9 heteroatoms. The molecule has 0 bridgehead atoms. The van der Waals surface area contributed by atoms with Crippen molar-refractivity contribution in [2.24, 2.45) is 0 Å². The summed E-state index contributed by atoms with van der Waals surface area (Å²) in [5, 5.41) is 15.9. The number of hydrogen-bond acceptors (Lipinski definition) is 5. The second kappa shape index (κ2) is 5.31. The summed E-state index contributed by atoms with van der Waals surface area (Å²) in [5.41, 5.74) is 0.303. The molecule has 2 rings (SSSR count). The van der Waals surface area contributed by atoms with Crippen molar-refractivity contribution >= 4 is 21.9 Å². The van der Waals surface area contributed by atoms with Crippen LogP contribution >= 0.6 is 15.9 Å². The summed E-state index contributed by atoms with van der Waals surface area (Å²) < 4.78 is 3.20. The van der Waals surface area contributed by atoms with Crippen LogP contribution in [0.2, 0.25) is 0 Å². The fourth-order valence-corrected chi connectivity index (χ4v) is 1.75. The number of carbonyl (C=O) groups is 1. The zero-order valence-electron chi connectivity index (χ0n) is 9.95. The van der Waals surface area contributed by atoms with Crippen LogP contribution in [0.3, 0.4) is 0 Å². The zero-order valence-corrected chi connectivity index (χ0v) is 11.5. The zero-order chi connectivity index (χ0) is 14.0. The van der Waals surface area contributed by atoms with Crippen LogP contribution in [0.1, 0.15) is 16.2 Å². The molecule has 2 heterocycles. The number of halogens is 1. The molecule has 2 aromatic rings. The Labute approximate surface area is 115 Å². The van der Waals surface area contributed by atoms with E-state index in [0.29, 0.717) is 23.3 Å². The van der Waals surface area contributed by atoms with Crippen LogP contribution in [0, 0.1) is 6.92 Å². The summed E-state index contributed by atoms with van der Waals surface area (Å²) in [6, 6.07) is 0. The van der Waals surface area contributed by atoms with Crippen LogP contribution < -0.4 is 5.56 Å². The van der Waals surface area contributed by atoms with Crippen molar-refractivity contribution in [3.8, 4) is 0 Å². The van der Waals surface area contributed by atoms with Gasteiger partial charge in [-0.2, -0.15) is 0 Å². The van der Waals surface area contributed by atoms with E-state index in [1.54, 1.807) is 6.92 Å². The molecular formula is C10H10BrN5O3. The third kappa shape index (κ3) is 2.87. The number of aromatic nitrogens is 5. The van der Waals surface area contributed by atoms with Crippen molar-refractivity contribution in [2.45, 2.75) is 20.0 Å². The van der Waals surface area contributed by atoms with Crippen molar-refractivity contribution in [3.05, 3.63) is 38.7 Å². The van der Waals surface area contributed by atoms with E-state index in [4.69, 9.17) is 5.11 Å². The molecule has 8 nitrogen and oxygen atoms in total. The third-order valence-corrected chi connectivity index (χ3v) is 3.40. The van der Waals surface area contributed by atoms with Crippen molar-refractivity contribution in [2.75, 3.05) is 0 Å². The smallest absolute Gasteiger partial charge is 0.358 e. The van der Waals surface area contributed by atoms with Gasteiger partial charge in [0, 0.05) is 6.54 Å². The van der Waals surface area contributed by atoms with E-state index >= 15 is 0 Å². The minimum absolute atomic E-state index is 0.129. The minimum atomic E-state index is -1.14. The molecule has 0 aliphatic heterocycles. The quantitative estimate of drug-likeness (QED) is 0.866. The van der Waals surface area contributed by atoms with E-state index in [1.807, 2.05) is 0 Å². The van der Waals surface area contributed by atoms with E-state index < -0.39 is 5.97 Å². The number of aryl methyl sites for hydroxylation is 3. The second-order valence-corrected chi connectivity index (χ2v) is 4.61. The first-order chi connectivity index (χ1) is 8.99.